The van der Waals surface area contributed by atoms with Crippen LogP contribution >= 0.6 is 22.6 Å². The maximum absolute atomic E-state index is 13.1. The highest BCUT2D eigenvalue weighted by molar-refractivity contribution is 14.1. The first-order valence-electron chi connectivity index (χ1n) is 6.44. The van der Waals surface area contributed by atoms with Gasteiger partial charge in [-0.3, -0.25) is 9.59 Å². The highest BCUT2D eigenvalue weighted by Crippen LogP contribution is 2.26. The first kappa shape index (κ1) is 15.2. The van der Waals surface area contributed by atoms with E-state index in [1.807, 2.05) is 36.4 Å². The van der Waals surface area contributed by atoms with Crippen LogP contribution in [0, 0.1) is 15.3 Å². The summed E-state index contributed by atoms with van der Waals surface area (Å²) in [6, 6.07) is 3.69. The van der Waals surface area contributed by atoms with E-state index in [1.165, 1.54) is 17.0 Å². The lowest BCUT2D eigenvalue weighted by Gasteiger charge is -2.33. The summed E-state index contributed by atoms with van der Waals surface area (Å²) in [5, 5.41) is 2.72. The van der Waals surface area contributed by atoms with Gasteiger partial charge in [-0.05, 0) is 53.1 Å². The molecule has 108 valence electrons. The van der Waals surface area contributed by atoms with Crippen LogP contribution in [0.1, 0.15) is 20.3 Å². The number of nitrogens with one attached hydrogen (secondary N) is 1. The molecule has 1 atom stereocenters. The number of carbonyl (C=O) groups excluding carboxylic acids is 2. The fourth-order valence-corrected chi connectivity index (χ4v) is 3.02. The van der Waals surface area contributed by atoms with E-state index in [2.05, 4.69) is 5.32 Å². The van der Waals surface area contributed by atoms with Crippen LogP contribution in [-0.4, -0.2) is 24.4 Å². The second-order valence-corrected chi connectivity index (χ2v) is 6.43. The van der Waals surface area contributed by atoms with Gasteiger partial charge in [0.15, 0.2) is 0 Å². The average molecular weight is 390 g/mol. The molecule has 2 rings (SSSR count). The smallest absolute Gasteiger partial charge is 0.250 e. The van der Waals surface area contributed by atoms with Crippen LogP contribution in [0.2, 0.25) is 0 Å². The van der Waals surface area contributed by atoms with E-state index >= 15 is 0 Å². The predicted molar refractivity (Wildman–Crippen MR) is 82.9 cm³/mol. The third-order valence-corrected chi connectivity index (χ3v) is 3.97. The third-order valence-electron chi connectivity index (χ3n) is 3.11. The molecule has 4 nitrogen and oxygen atoms in total. The Balaban J connectivity index is 2.30. The zero-order valence-corrected chi connectivity index (χ0v) is 13.5. The third kappa shape index (κ3) is 3.28. The Morgan fingerprint density at radius 1 is 1.45 bits per heavy atom. The summed E-state index contributed by atoms with van der Waals surface area (Å²) in [4.78, 5) is 25.7. The van der Waals surface area contributed by atoms with Crippen LogP contribution in [0.25, 0.3) is 0 Å². The molecule has 1 fully saturated rings. The van der Waals surface area contributed by atoms with Crippen molar-refractivity contribution in [2.24, 2.45) is 5.92 Å². The zero-order valence-electron chi connectivity index (χ0n) is 11.3. The largest absolute Gasteiger partial charge is 0.343 e. The molecule has 1 aromatic carbocycles. The fourth-order valence-electron chi connectivity index (χ4n) is 2.25. The number of hydrogen-bond acceptors (Lipinski definition) is 2. The van der Waals surface area contributed by atoms with Gasteiger partial charge in [0.1, 0.15) is 18.4 Å². The van der Waals surface area contributed by atoms with Crippen molar-refractivity contribution in [1.29, 1.82) is 0 Å². The summed E-state index contributed by atoms with van der Waals surface area (Å²) in [5.74, 6) is -0.375. The highest BCUT2D eigenvalue weighted by Gasteiger charge is 2.34. The van der Waals surface area contributed by atoms with Crippen LogP contribution in [0.15, 0.2) is 18.2 Å². The highest BCUT2D eigenvalue weighted by atomic mass is 127. The van der Waals surface area contributed by atoms with Crippen molar-refractivity contribution in [2.75, 3.05) is 11.4 Å². The molecule has 1 aliphatic rings. The van der Waals surface area contributed by atoms with Crippen molar-refractivity contribution in [1.82, 2.24) is 5.32 Å². The summed E-state index contributed by atoms with van der Waals surface area (Å²) in [6.07, 6.45) is 0.596. The quantitative estimate of drug-likeness (QED) is 0.806. The van der Waals surface area contributed by atoms with Crippen LogP contribution in [0.3, 0.4) is 0 Å². The molecular formula is C14H16FIN2O2. The summed E-state index contributed by atoms with van der Waals surface area (Å²) in [5.41, 5.74) is 0.584. The lowest BCUT2D eigenvalue weighted by molar-refractivity contribution is -0.131. The lowest BCUT2D eigenvalue weighted by atomic mass is 10.0. The number of halogens is 2. The number of anilines is 1. The van der Waals surface area contributed by atoms with Gasteiger partial charge in [-0.25, -0.2) is 4.39 Å². The van der Waals surface area contributed by atoms with Gasteiger partial charge in [0.2, 0.25) is 11.8 Å². The van der Waals surface area contributed by atoms with Gasteiger partial charge in [0.25, 0.3) is 0 Å². The molecule has 0 radical (unpaired) electrons. The van der Waals surface area contributed by atoms with Crippen molar-refractivity contribution < 1.29 is 14.0 Å². The Morgan fingerprint density at radius 2 is 2.15 bits per heavy atom. The zero-order chi connectivity index (χ0) is 14.9. The van der Waals surface area contributed by atoms with Gasteiger partial charge in [-0.15, -0.1) is 0 Å². The van der Waals surface area contributed by atoms with E-state index in [4.69, 9.17) is 0 Å². The molecule has 0 aliphatic carbocycles. The first-order chi connectivity index (χ1) is 9.38. The first-order valence-corrected chi connectivity index (χ1v) is 7.52. The number of carbonyl (C=O) groups is 2. The number of rotatable bonds is 3. The van der Waals surface area contributed by atoms with Gasteiger partial charge >= 0.3 is 0 Å². The van der Waals surface area contributed by atoms with Crippen molar-refractivity contribution in [3.05, 3.63) is 27.6 Å². The molecule has 6 heteroatoms. The maximum Gasteiger partial charge on any atom is 0.250 e. The van der Waals surface area contributed by atoms with Gasteiger partial charge in [0, 0.05) is 3.57 Å². The minimum absolute atomic E-state index is 0.0188. The maximum atomic E-state index is 13.1. The summed E-state index contributed by atoms with van der Waals surface area (Å²) >= 11 is 1.97. The topological polar surface area (TPSA) is 49.4 Å². The Bertz CT molecular complexity index is 548. The van der Waals surface area contributed by atoms with Gasteiger partial charge in [-0.1, -0.05) is 13.8 Å². The monoisotopic (exact) mass is 390 g/mol. The lowest BCUT2D eigenvalue weighted by Crippen LogP contribution is -2.58. The van der Waals surface area contributed by atoms with Crippen molar-refractivity contribution in [3.8, 4) is 0 Å². The standard InChI is InChI=1S/C14H16FIN2O2/c1-8(2)5-11-14(20)18(7-13(19)17-11)12-4-3-9(15)6-10(12)16/h3-4,6,8,11H,5,7H2,1-2H3,(H,17,19). The molecule has 1 N–H and O–H groups in total. The molecule has 1 saturated heterocycles. The van der Waals surface area contributed by atoms with Gasteiger partial charge < -0.3 is 10.2 Å². The van der Waals surface area contributed by atoms with E-state index in [0.29, 0.717) is 21.6 Å². The molecule has 0 saturated carbocycles. The molecule has 0 bridgehead atoms. The number of piperazine rings is 1. The van der Waals surface area contributed by atoms with E-state index in [0.717, 1.165) is 0 Å². The fraction of sp³-hybridized carbons (Fsp3) is 0.429. The second kappa shape index (κ2) is 6.07. The van der Waals surface area contributed by atoms with Gasteiger partial charge in [0.05, 0.1) is 5.69 Å². The van der Waals surface area contributed by atoms with Crippen LogP contribution in [0.5, 0.6) is 0 Å². The van der Waals surface area contributed by atoms with E-state index < -0.39 is 6.04 Å². The van der Waals surface area contributed by atoms with Crippen LogP contribution in [-0.2, 0) is 9.59 Å². The van der Waals surface area contributed by atoms with Crippen molar-refractivity contribution >= 4 is 40.1 Å². The minimum atomic E-state index is -0.503. The second-order valence-electron chi connectivity index (χ2n) is 5.27. The molecule has 1 aliphatic heterocycles. The van der Waals surface area contributed by atoms with Crippen molar-refractivity contribution in [3.63, 3.8) is 0 Å². The van der Waals surface area contributed by atoms with Gasteiger partial charge in [-0.2, -0.15) is 0 Å². The molecular weight excluding hydrogens is 374 g/mol. The van der Waals surface area contributed by atoms with Crippen LogP contribution < -0.4 is 10.2 Å². The summed E-state index contributed by atoms with van der Waals surface area (Å²) in [7, 11) is 0. The Morgan fingerprint density at radius 3 is 2.75 bits per heavy atom. The van der Waals surface area contributed by atoms with E-state index in [1.54, 1.807) is 6.07 Å². The Kier molecular flexibility index (Phi) is 4.62. The summed E-state index contributed by atoms with van der Waals surface area (Å²) in [6.45, 7) is 3.98. The Labute approximate surface area is 130 Å². The minimum Gasteiger partial charge on any atom is -0.343 e. The molecule has 2 amide bonds. The molecule has 0 aromatic heterocycles. The summed E-state index contributed by atoms with van der Waals surface area (Å²) < 4.78 is 13.8. The molecule has 1 unspecified atom stereocenters. The normalized spacial score (nSPS) is 19.4. The average Bonchev–Trinajstić information content (AvgIpc) is 2.33. The molecule has 1 heterocycles. The molecule has 20 heavy (non-hydrogen) atoms. The molecule has 1 aromatic rings. The Hall–Kier alpha value is -1.18. The van der Waals surface area contributed by atoms with E-state index in [-0.39, 0.29) is 24.2 Å². The van der Waals surface area contributed by atoms with Crippen LogP contribution in [0.4, 0.5) is 10.1 Å². The number of amides is 2. The number of nitrogens with zero attached hydrogens (tertiary/aromatic N) is 1. The predicted octanol–water partition coefficient (Wildman–Crippen LogP) is 2.31. The van der Waals surface area contributed by atoms with Crippen molar-refractivity contribution in [2.45, 2.75) is 26.3 Å². The van der Waals surface area contributed by atoms with E-state index in [9.17, 15) is 14.0 Å². The number of hydrogen-bond donors (Lipinski definition) is 1. The molecule has 0 spiro atoms. The SMILES string of the molecule is CC(C)CC1NC(=O)CN(c2ccc(F)cc2I)C1=O. The number of benzene rings is 1.